The Bertz CT molecular complexity index is 1030. The molecular formula is C18H19ClFN7O5. The summed E-state index contributed by atoms with van der Waals surface area (Å²) in [6.45, 7) is 0.0640. The molecule has 14 heteroatoms. The molecule has 0 aliphatic carbocycles. The van der Waals surface area contributed by atoms with E-state index in [-0.39, 0.29) is 42.9 Å². The van der Waals surface area contributed by atoms with Crippen molar-refractivity contribution in [3.05, 3.63) is 47.3 Å². The third kappa shape index (κ3) is 7.85. The Morgan fingerprint density at radius 1 is 1.34 bits per heavy atom. The fourth-order valence-corrected chi connectivity index (χ4v) is 2.54. The van der Waals surface area contributed by atoms with E-state index in [2.05, 4.69) is 25.4 Å². The lowest BCUT2D eigenvalue weighted by Crippen LogP contribution is -2.30. The van der Waals surface area contributed by atoms with Gasteiger partial charge in [0.25, 0.3) is 6.47 Å². The van der Waals surface area contributed by atoms with E-state index in [0.717, 1.165) is 5.56 Å². The molecule has 2 heterocycles. The average Bonchev–Trinajstić information content (AvgIpc) is 3.19. The molecule has 3 rings (SSSR count). The minimum atomic E-state index is -1.01. The highest BCUT2D eigenvalue weighted by Gasteiger charge is 2.14. The maximum Gasteiger partial charge on any atom is 0.304 e. The summed E-state index contributed by atoms with van der Waals surface area (Å²) in [7, 11) is 0. The lowest BCUT2D eigenvalue weighted by Gasteiger charge is -2.08. The SMILES string of the molecule is NC(CC(=O)O)Cn1nnc(-c2ccc(OCCc3cnc(Cl)nc3)c(F)c2)n1.O=CO. The molecule has 1 aromatic carbocycles. The number of nitrogens with two attached hydrogens (primary N) is 1. The Morgan fingerprint density at radius 3 is 2.66 bits per heavy atom. The number of aliphatic carboxylic acids is 1. The standard InChI is InChI=1S/C17H17ClFN7O3.CH2O2/c18-17-21-7-10(8-22-17)3-4-29-14-2-1-11(5-13(14)19)16-23-25-26(24-16)9-12(20)6-15(27)28;2-1-3/h1-2,5,7-8,12H,3-4,6,9,20H2,(H,27,28);1H,(H,2,3). The minimum Gasteiger partial charge on any atom is -0.490 e. The molecule has 170 valence electrons. The number of hydrogen-bond acceptors (Lipinski definition) is 9. The molecule has 0 saturated heterocycles. The molecule has 4 N–H and O–H groups in total. The third-order valence-corrected chi connectivity index (χ3v) is 3.99. The highest BCUT2D eigenvalue weighted by Crippen LogP contribution is 2.23. The normalized spacial score (nSPS) is 11.2. The van der Waals surface area contributed by atoms with Gasteiger partial charge in [-0.3, -0.25) is 9.59 Å². The summed E-state index contributed by atoms with van der Waals surface area (Å²) >= 11 is 5.62. The van der Waals surface area contributed by atoms with Gasteiger partial charge in [0, 0.05) is 30.4 Å². The maximum atomic E-state index is 14.3. The van der Waals surface area contributed by atoms with Crippen molar-refractivity contribution < 1.29 is 28.9 Å². The number of halogens is 2. The number of carboxylic acids is 1. The van der Waals surface area contributed by atoms with Crippen LogP contribution in [0.15, 0.2) is 30.6 Å². The number of nitrogens with zero attached hydrogens (tertiary/aromatic N) is 6. The van der Waals surface area contributed by atoms with Crippen molar-refractivity contribution in [2.45, 2.75) is 25.4 Å². The molecule has 0 amide bonds. The molecular weight excluding hydrogens is 449 g/mol. The second kappa shape index (κ2) is 12.2. The second-order valence-electron chi connectivity index (χ2n) is 6.24. The highest BCUT2D eigenvalue weighted by atomic mass is 35.5. The van der Waals surface area contributed by atoms with Crippen LogP contribution in [0.3, 0.4) is 0 Å². The van der Waals surface area contributed by atoms with Crippen molar-refractivity contribution in [2.75, 3.05) is 6.61 Å². The van der Waals surface area contributed by atoms with Crippen molar-refractivity contribution in [3.63, 3.8) is 0 Å². The van der Waals surface area contributed by atoms with Gasteiger partial charge in [0.05, 0.1) is 19.6 Å². The average molecular weight is 468 g/mol. The van der Waals surface area contributed by atoms with Gasteiger partial charge in [-0.2, -0.15) is 4.80 Å². The van der Waals surface area contributed by atoms with E-state index in [1.165, 1.54) is 16.9 Å². The largest absolute Gasteiger partial charge is 0.490 e. The van der Waals surface area contributed by atoms with E-state index in [9.17, 15) is 9.18 Å². The Morgan fingerprint density at radius 2 is 2.03 bits per heavy atom. The molecule has 0 spiro atoms. The van der Waals surface area contributed by atoms with E-state index in [4.69, 9.17) is 37.1 Å². The predicted molar refractivity (Wildman–Crippen MR) is 108 cm³/mol. The number of rotatable bonds is 9. The molecule has 0 aliphatic rings. The molecule has 12 nitrogen and oxygen atoms in total. The van der Waals surface area contributed by atoms with Crippen LogP contribution in [-0.4, -0.2) is 65.5 Å². The lowest BCUT2D eigenvalue weighted by atomic mass is 10.2. The van der Waals surface area contributed by atoms with Crippen LogP contribution in [0.4, 0.5) is 4.39 Å². The smallest absolute Gasteiger partial charge is 0.304 e. The van der Waals surface area contributed by atoms with E-state index in [0.29, 0.717) is 12.0 Å². The van der Waals surface area contributed by atoms with Crippen LogP contribution in [0.5, 0.6) is 5.75 Å². The molecule has 3 aromatic rings. The summed E-state index contributed by atoms with van der Waals surface area (Å²) in [4.78, 5) is 27.9. The molecule has 0 radical (unpaired) electrons. The lowest BCUT2D eigenvalue weighted by molar-refractivity contribution is -0.137. The Hall–Kier alpha value is -3.71. The van der Waals surface area contributed by atoms with E-state index >= 15 is 0 Å². The molecule has 1 atom stereocenters. The van der Waals surface area contributed by atoms with Gasteiger partial charge in [-0.25, -0.2) is 14.4 Å². The quantitative estimate of drug-likeness (QED) is 0.302. The second-order valence-corrected chi connectivity index (χ2v) is 6.57. The molecule has 2 aromatic heterocycles. The number of hydrogen-bond donors (Lipinski definition) is 3. The van der Waals surface area contributed by atoms with Gasteiger partial charge in [-0.1, -0.05) is 0 Å². The zero-order chi connectivity index (χ0) is 23.5. The van der Waals surface area contributed by atoms with Crippen LogP contribution in [0.1, 0.15) is 12.0 Å². The predicted octanol–water partition coefficient (Wildman–Crippen LogP) is 1.05. The Balaban J connectivity index is 0.00000114. The van der Waals surface area contributed by atoms with E-state index in [1.54, 1.807) is 18.5 Å². The van der Waals surface area contributed by atoms with E-state index < -0.39 is 17.8 Å². The van der Waals surface area contributed by atoms with Crippen molar-refractivity contribution in [1.29, 1.82) is 0 Å². The van der Waals surface area contributed by atoms with Crippen molar-refractivity contribution in [1.82, 2.24) is 30.2 Å². The number of tetrazole rings is 1. The zero-order valence-corrected chi connectivity index (χ0v) is 17.3. The van der Waals surface area contributed by atoms with Crippen LogP contribution in [0.2, 0.25) is 5.28 Å². The van der Waals surface area contributed by atoms with Gasteiger partial charge >= 0.3 is 5.97 Å². The number of benzene rings is 1. The topological polar surface area (TPSA) is 179 Å². The van der Waals surface area contributed by atoms with Crippen LogP contribution >= 0.6 is 11.6 Å². The zero-order valence-electron chi connectivity index (χ0n) is 16.5. The van der Waals surface area contributed by atoms with Gasteiger partial charge in [0.15, 0.2) is 11.6 Å². The number of carbonyl (C=O) groups is 2. The molecule has 0 fully saturated rings. The molecule has 32 heavy (non-hydrogen) atoms. The van der Waals surface area contributed by atoms with Crippen LogP contribution in [0.25, 0.3) is 11.4 Å². The Kier molecular flexibility index (Phi) is 9.38. The maximum absolute atomic E-state index is 14.3. The summed E-state index contributed by atoms with van der Waals surface area (Å²) in [5.74, 6) is -1.32. The summed E-state index contributed by atoms with van der Waals surface area (Å²) < 4.78 is 19.8. The number of ether oxygens (including phenoxy) is 1. The first-order valence-corrected chi connectivity index (χ1v) is 9.42. The molecule has 0 aliphatic heterocycles. The first kappa shape index (κ1) is 24.6. The van der Waals surface area contributed by atoms with Gasteiger partial charge in [0.2, 0.25) is 11.1 Å². The first-order valence-electron chi connectivity index (χ1n) is 9.04. The third-order valence-electron chi connectivity index (χ3n) is 3.80. The summed E-state index contributed by atoms with van der Waals surface area (Å²) in [6.07, 6.45) is 3.43. The van der Waals surface area contributed by atoms with E-state index in [1.807, 2.05) is 0 Å². The first-order chi connectivity index (χ1) is 15.3. The van der Waals surface area contributed by atoms with Crippen molar-refractivity contribution in [2.24, 2.45) is 5.73 Å². The van der Waals surface area contributed by atoms with Crippen LogP contribution in [-0.2, 0) is 22.6 Å². The van der Waals surface area contributed by atoms with Crippen LogP contribution in [0, 0.1) is 5.82 Å². The van der Waals surface area contributed by atoms with Crippen LogP contribution < -0.4 is 10.5 Å². The van der Waals surface area contributed by atoms with Crippen molar-refractivity contribution >= 4 is 24.0 Å². The van der Waals surface area contributed by atoms with Gasteiger partial charge < -0.3 is 20.7 Å². The molecule has 1 unspecified atom stereocenters. The fourth-order valence-electron chi connectivity index (χ4n) is 2.44. The highest BCUT2D eigenvalue weighted by molar-refractivity contribution is 6.28. The summed E-state index contributed by atoms with van der Waals surface area (Å²) in [6, 6.07) is 3.65. The minimum absolute atomic E-state index is 0.0807. The van der Waals surface area contributed by atoms with Crippen molar-refractivity contribution in [3.8, 4) is 17.1 Å². The van der Waals surface area contributed by atoms with Gasteiger partial charge in [0.1, 0.15) is 0 Å². The summed E-state index contributed by atoms with van der Waals surface area (Å²) in [5, 5.41) is 27.5. The number of carboxylic acid groups (broad SMARTS) is 2. The number of aromatic nitrogens is 6. The summed E-state index contributed by atoms with van der Waals surface area (Å²) in [5.41, 5.74) is 6.91. The van der Waals surface area contributed by atoms with Gasteiger partial charge in [-0.15, -0.1) is 10.2 Å². The van der Waals surface area contributed by atoms with Gasteiger partial charge in [-0.05, 0) is 40.6 Å². The molecule has 0 saturated carbocycles. The fraction of sp³-hybridized carbons (Fsp3) is 0.278. The monoisotopic (exact) mass is 467 g/mol. The Labute approximate surface area is 185 Å². The molecule has 0 bridgehead atoms.